The Morgan fingerprint density at radius 3 is 3.19 bits per heavy atom. The van der Waals surface area contributed by atoms with E-state index in [0.717, 1.165) is 24.0 Å². The van der Waals surface area contributed by atoms with Crippen LogP contribution < -0.4 is 5.32 Å². The lowest BCUT2D eigenvalue weighted by atomic mass is 10.1. The second-order valence-corrected chi connectivity index (χ2v) is 4.81. The molecule has 0 spiro atoms. The Bertz CT molecular complexity index is 500. The molecule has 2 aromatic heterocycles. The number of nitrogens with one attached hydrogen (secondary N) is 2. The molecule has 3 nitrogen and oxygen atoms in total. The number of nitrogens with zero attached hydrogens (tertiary/aromatic N) is 1. The highest BCUT2D eigenvalue weighted by molar-refractivity contribution is 6.31. The number of halogens is 1. The lowest BCUT2D eigenvalue weighted by Gasteiger charge is -2.07. The van der Waals surface area contributed by atoms with Gasteiger partial charge in [0.05, 0.1) is 16.1 Å². The monoisotopic (exact) mass is 235 g/mol. The number of pyridine rings is 1. The van der Waals surface area contributed by atoms with Gasteiger partial charge in [-0.3, -0.25) is 4.98 Å². The minimum Gasteiger partial charge on any atom is -0.357 e. The normalized spacial score (nSPS) is 20.7. The van der Waals surface area contributed by atoms with Gasteiger partial charge in [0.25, 0.3) is 0 Å². The number of hydrogen-bond donors (Lipinski definition) is 2. The number of rotatable bonds is 2. The smallest absolute Gasteiger partial charge is 0.0882 e. The van der Waals surface area contributed by atoms with Crippen LogP contribution in [0.3, 0.4) is 0 Å². The Morgan fingerprint density at radius 2 is 2.38 bits per heavy atom. The van der Waals surface area contributed by atoms with Crippen LogP contribution in [0.1, 0.15) is 18.5 Å². The van der Waals surface area contributed by atoms with E-state index in [1.165, 1.54) is 18.5 Å². The Morgan fingerprint density at radius 1 is 1.44 bits per heavy atom. The first kappa shape index (κ1) is 10.1. The molecule has 1 atom stereocenters. The number of aromatic amines is 1. The van der Waals surface area contributed by atoms with E-state index in [-0.39, 0.29) is 0 Å². The van der Waals surface area contributed by atoms with Gasteiger partial charge in [0.2, 0.25) is 0 Å². The van der Waals surface area contributed by atoms with Crippen molar-refractivity contribution in [3.63, 3.8) is 0 Å². The second-order valence-electron chi connectivity index (χ2n) is 4.38. The lowest BCUT2D eigenvalue weighted by molar-refractivity contribution is 0.597. The average Bonchev–Trinajstić information content (AvgIpc) is 2.86. The highest BCUT2D eigenvalue weighted by Gasteiger charge is 2.15. The van der Waals surface area contributed by atoms with Crippen LogP contribution >= 0.6 is 11.6 Å². The van der Waals surface area contributed by atoms with Gasteiger partial charge in [-0.1, -0.05) is 11.6 Å². The molecule has 16 heavy (non-hydrogen) atoms. The van der Waals surface area contributed by atoms with Crippen LogP contribution in [0.2, 0.25) is 5.02 Å². The fraction of sp³-hybridized carbons (Fsp3) is 0.417. The molecular weight excluding hydrogens is 222 g/mol. The largest absolute Gasteiger partial charge is 0.357 e. The molecule has 1 saturated heterocycles. The van der Waals surface area contributed by atoms with Crippen LogP contribution in [0.25, 0.3) is 11.0 Å². The van der Waals surface area contributed by atoms with Gasteiger partial charge in [0, 0.05) is 24.4 Å². The third-order valence-electron chi connectivity index (χ3n) is 3.12. The van der Waals surface area contributed by atoms with E-state index in [1.807, 2.05) is 6.07 Å². The lowest BCUT2D eigenvalue weighted by Crippen LogP contribution is -2.23. The number of H-pyrrole nitrogens is 1. The van der Waals surface area contributed by atoms with Crippen molar-refractivity contribution >= 4 is 22.6 Å². The summed E-state index contributed by atoms with van der Waals surface area (Å²) in [6, 6.07) is 4.66. The molecule has 3 heterocycles. The fourth-order valence-electron chi connectivity index (χ4n) is 2.35. The van der Waals surface area contributed by atoms with Crippen LogP contribution in [0.15, 0.2) is 18.3 Å². The summed E-state index contributed by atoms with van der Waals surface area (Å²) < 4.78 is 0. The summed E-state index contributed by atoms with van der Waals surface area (Å²) in [5, 5.41) is 4.17. The van der Waals surface area contributed by atoms with Gasteiger partial charge in [0.1, 0.15) is 0 Å². The molecule has 2 aromatic rings. The van der Waals surface area contributed by atoms with Gasteiger partial charge in [-0.25, -0.2) is 0 Å². The minimum absolute atomic E-state index is 0.614. The van der Waals surface area contributed by atoms with E-state index in [4.69, 9.17) is 11.6 Å². The zero-order valence-corrected chi connectivity index (χ0v) is 9.72. The maximum absolute atomic E-state index is 5.90. The van der Waals surface area contributed by atoms with E-state index in [1.54, 1.807) is 6.20 Å². The first-order valence-corrected chi connectivity index (χ1v) is 6.05. The third kappa shape index (κ3) is 1.93. The molecule has 1 aliphatic heterocycles. The van der Waals surface area contributed by atoms with E-state index >= 15 is 0 Å². The first-order chi connectivity index (χ1) is 7.81. The van der Waals surface area contributed by atoms with Gasteiger partial charge in [-0.05, 0) is 31.5 Å². The summed E-state index contributed by atoms with van der Waals surface area (Å²) in [6.07, 6.45) is 5.29. The highest BCUT2D eigenvalue weighted by Crippen LogP contribution is 2.19. The van der Waals surface area contributed by atoms with Gasteiger partial charge in [-0.15, -0.1) is 0 Å². The predicted octanol–water partition coefficient (Wildman–Crippen LogP) is 2.51. The van der Waals surface area contributed by atoms with Crippen molar-refractivity contribution in [2.45, 2.75) is 25.3 Å². The quantitative estimate of drug-likeness (QED) is 0.840. The molecule has 4 heteroatoms. The summed E-state index contributed by atoms with van der Waals surface area (Å²) in [6.45, 7) is 1.15. The average molecular weight is 236 g/mol. The summed E-state index contributed by atoms with van der Waals surface area (Å²) in [7, 11) is 0. The summed E-state index contributed by atoms with van der Waals surface area (Å²) in [5.41, 5.74) is 3.27. The SMILES string of the molecule is Clc1cnc2cc(CC3CCCN3)[nH]c2c1. The topological polar surface area (TPSA) is 40.7 Å². The van der Waals surface area contributed by atoms with Gasteiger partial charge >= 0.3 is 0 Å². The van der Waals surface area contributed by atoms with Crippen molar-refractivity contribution in [3.05, 3.63) is 29.0 Å². The molecule has 2 N–H and O–H groups in total. The molecule has 0 aromatic carbocycles. The zero-order valence-electron chi connectivity index (χ0n) is 8.96. The molecule has 1 unspecified atom stereocenters. The Labute approximate surface area is 99.2 Å². The van der Waals surface area contributed by atoms with Crippen LogP contribution in [-0.2, 0) is 6.42 Å². The second kappa shape index (κ2) is 4.07. The van der Waals surface area contributed by atoms with Gasteiger partial charge in [0.15, 0.2) is 0 Å². The van der Waals surface area contributed by atoms with Crippen molar-refractivity contribution in [3.8, 4) is 0 Å². The zero-order chi connectivity index (χ0) is 11.0. The van der Waals surface area contributed by atoms with E-state index in [2.05, 4.69) is 21.4 Å². The van der Waals surface area contributed by atoms with Crippen LogP contribution in [0, 0.1) is 0 Å². The molecule has 3 rings (SSSR count). The standard InChI is InChI=1S/C12H14ClN3/c13-8-4-12-11(15-7-8)6-10(16-12)5-9-2-1-3-14-9/h4,6-7,9,14,16H,1-3,5H2. The number of aromatic nitrogens is 2. The highest BCUT2D eigenvalue weighted by atomic mass is 35.5. The molecule has 0 radical (unpaired) electrons. The Balaban J connectivity index is 1.86. The maximum Gasteiger partial charge on any atom is 0.0882 e. The molecule has 1 aliphatic rings. The van der Waals surface area contributed by atoms with Crippen molar-refractivity contribution in [2.75, 3.05) is 6.54 Å². The minimum atomic E-state index is 0.614. The molecular formula is C12H14ClN3. The third-order valence-corrected chi connectivity index (χ3v) is 3.33. The molecule has 0 saturated carbocycles. The first-order valence-electron chi connectivity index (χ1n) is 5.68. The number of hydrogen-bond acceptors (Lipinski definition) is 2. The maximum atomic E-state index is 5.90. The van der Waals surface area contributed by atoms with Gasteiger partial charge in [-0.2, -0.15) is 0 Å². The number of fused-ring (bicyclic) bond motifs is 1. The summed E-state index contributed by atoms with van der Waals surface area (Å²) in [5.74, 6) is 0. The van der Waals surface area contributed by atoms with Crippen LogP contribution in [0.4, 0.5) is 0 Å². The van der Waals surface area contributed by atoms with Crippen molar-refractivity contribution in [1.29, 1.82) is 0 Å². The van der Waals surface area contributed by atoms with Crippen molar-refractivity contribution in [2.24, 2.45) is 0 Å². The van der Waals surface area contributed by atoms with E-state index < -0.39 is 0 Å². The Hall–Kier alpha value is -1.06. The molecule has 84 valence electrons. The van der Waals surface area contributed by atoms with Crippen molar-refractivity contribution in [1.82, 2.24) is 15.3 Å². The molecule has 0 amide bonds. The molecule has 0 bridgehead atoms. The summed E-state index contributed by atoms with van der Waals surface area (Å²) >= 11 is 5.90. The Kier molecular flexibility index (Phi) is 2.58. The van der Waals surface area contributed by atoms with E-state index in [9.17, 15) is 0 Å². The van der Waals surface area contributed by atoms with Crippen molar-refractivity contribution < 1.29 is 0 Å². The van der Waals surface area contributed by atoms with E-state index in [0.29, 0.717) is 11.1 Å². The summed E-state index contributed by atoms with van der Waals surface area (Å²) in [4.78, 5) is 7.67. The van der Waals surface area contributed by atoms with Crippen LogP contribution in [-0.4, -0.2) is 22.6 Å². The molecule has 0 aliphatic carbocycles. The predicted molar refractivity (Wildman–Crippen MR) is 65.8 cm³/mol. The molecule has 1 fully saturated rings. The van der Waals surface area contributed by atoms with Gasteiger partial charge < -0.3 is 10.3 Å². The fourth-order valence-corrected chi connectivity index (χ4v) is 2.50. The van der Waals surface area contributed by atoms with Crippen LogP contribution in [0.5, 0.6) is 0 Å².